The Hall–Kier alpha value is -1.74. The fourth-order valence-electron chi connectivity index (χ4n) is 6.47. The molecule has 0 amide bonds. The number of benzene rings is 1. The third-order valence-electron chi connectivity index (χ3n) is 8.53. The predicted molar refractivity (Wildman–Crippen MR) is 182 cm³/mol. The van der Waals surface area contributed by atoms with Crippen LogP contribution in [0.5, 0.6) is 5.75 Å². The van der Waals surface area contributed by atoms with Crippen molar-refractivity contribution < 1.29 is 23.5 Å². The van der Waals surface area contributed by atoms with Crippen molar-refractivity contribution in [1.82, 2.24) is 0 Å². The molecule has 1 N–H and O–H groups in total. The van der Waals surface area contributed by atoms with Gasteiger partial charge in [-0.05, 0) is 41.2 Å². The van der Waals surface area contributed by atoms with E-state index in [1.54, 1.807) is 0 Å². The van der Waals surface area contributed by atoms with E-state index in [9.17, 15) is 9.90 Å². The first-order valence-corrected chi connectivity index (χ1v) is 18.5. The molecule has 0 spiro atoms. The third kappa shape index (κ3) is 12.3. The van der Waals surface area contributed by atoms with Crippen molar-refractivity contribution in [2.24, 2.45) is 0 Å². The van der Waals surface area contributed by atoms with Gasteiger partial charge in [0, 0.05) is 11.1 Å². The van der Waals surface area contributed by atoms with Crippen LogP contribution in [0.3, 0.4) is 0 Å². The Balaban J connectivity index is 2.02. The number of hydrogen-bond donors (Lipinski definition) is 1. The van der Waals surface area contributed by atoms with Crippen molar-refractivity contribution in [1.29, 1.82) is 0 Å². The highest BCUT2D eigenvalue weighted by Gasteiger charge is 2.38. The summed E-state index contributed by atoms with van der Waals surface area (Å²) in [5, 5.41) is 10.5. The summed E-state index contributed by atoms with van der Waals surface area (Å²) in [5.74, 6) is -0.254. The van der Waals surface area contributed by atoms with Crippen molar-refractivity contribution in [2.75, 3.05) is 0 Å². The maximum Gasteiger partial charge on any atom is 0.529 e. The smallest absolute Gasteiger partial charge is 0.478 e. The molecule has 0 bridgehead atoms. The molecular formula is C37H63O5P. The van der Waals surface area contributed by atoms with Gasteiger partial charge in [-0.2, -0.15) is 0 Å². The summed E-state index contributed by atoms with van der Waals surface area (Å²) in [6.45, 7) is 17.1. The molecule has 0 aliphatic carbocycles. The van der Waals surface area contributed by atoms with E-state index in [0.29, 0.717) is 17.7 Å². The molecule has 0 aromatic heterocycles. The van der Waals surface area contributed by atoms with Crippen LogP contribution >= 0.6 is 8.60 Å². The average Bonchev–Trinajstić information content (AvgIpc) is 3.44. The first-order chi connectivity index (χ1) is 20.4. The van der Waals surface area contributed by atoms with Crippen molar-refractivity contribution in [3.63, 3.8) is 0 Å². The Morgan fingerprint density at radius 2 is 1.09 bits per heavy atom. The Morgan fingerprint density at radius 3 is 1.47 bits per heavy atom. The van der Waals surface area contributed by atoms with E-state index in [1.807, 2.05) is 0 Å². The summed E-state index contributed by atoms with van der Waals surface area (Å²) in [5.41, 5.74) is 3.64. The lowest BCUT2D eigenvalue weighted by Gasteiger charge is -2.35. The van der Waals surface area contributed by atoms with Crippen LogP contribution in [0, 0.1) is 0 Å². The van der Waals surface area contributed by atoms with E-state index in [-0.39, 0.29) is 5.41 Å². The van der Waals surface area contributed by atoms with E-state index in [0.717, 1.165) is 41.5 Å². The standard InChI is InChI=1S/C37H63O5P/c1-9-11-12-13-14-15-16-17-18-19-20-21-22-23-24-25-26-30-29(10-2)31(35(38)39)33(37(6,7)8)34(32(30)36(3,4)5)42-43-40-27-28-41-43/h27-28H,9-26H2,1-8H3,(H,38,39). The number of aromatic carboxylic acids is 1. The van der Waals surface area contributed by atoms with Gasteiger partial charge in [0.2, 0.25) is 0 Å². The second-order valence-electron chi connectivity index (χ2n) is 14.4. The van der Waals surface area contributed by atoms with Gasteiger partial charge in [-0.3, -0.25) is 0 Å². The Labute approximate surface area is 265 Å². The summed E-state index contributed by atoms with van der Waals surface area (Å²) in [6.07, 6.45) is 25.9. The zero-order chi connectivity index (χ0) is 31.9. The molecule has 6 heteroatoms. The largest absolute Gasteiger partial charge is 0.529 e. The second kappa shape index (κ2) is 18.9. The molecule has 1 heterocycles. The molecule has 0 atom stereocenters. The highest BCUT2D eigenvalue weighted by Crippen LogP contribution is 2.53. The maximum absolute atomic E-state index is 12.8. The van der Waals surface area contributed by atoms with Gasteiger partial charge in [0.05, 0.1) is 5.56 Å². The van der Waals surface area contributed by atoms with E-state index >= 15 is 0 Å². The molecule has 0 radical (unpaired) electrons. The minimum atomic E-state index is -1.64. The minimum absolute atomic E-state index is 0.247. The molecule has 0 fully saturated rings. The fraction of sp³-hybridized carbons (Fsp3) is 0.757. The molecule has 1 aliphatic rings. The number of unbranched alkanes of at least 4 members (excludes halogenated alkanes) is 15. The molecule has 2 rings (SSSR count). The fourth-order valence-corrected chi connectivity index (χ4v) is 7.24. The number of carboxylic acids is 1. The van der Waals surface area contributed by atoms with Crippen LogP contribution < -0.4 is 4.52 Å². The maximum atomic E-state index is 12.8. The quantitative estimate of drug-likeness (QED) is 0.110. The number of rotatable bonds is 21. The van der Waals surface area contributed by atoms with Crippen LogP contribution in [0.25, 0.3) is 0 Å². The molecule has 43 heavy (non-hydrogen) atoms. The highest BCUT2D eigenvalue weighted by molar-refractivity contribution is 7.42. The molecule has 0 saturated carbocycles. The zero-order valence-electron chi connectivity index (χ0n) is 28.9. The van der Waals surface area contributed by atoms with Crippen LogP contribution in [0.2, 0.25) is 0 Å². The summed E-state index contributed by atoms with van der Waals surface area (Å²) < 4.78 is 17.6. The summed E-state index contributed by atoms with van der Waals surface area (Å²) in [4.78, 5) is 12.8. The lowest BCUT2D eigenvalue weighted by molar-refractivity contribution is 0.0692. The number of hydrogen-bond acceptors (Lipinski definition) is 4. The Morgan fingerprint density at radius 1 is 0.674 bits per heavy atom. The first-order valence-electron chi connectivity index (χ1n) is 17.4. The topological polar surface area (TPSA) is 65.0 Å². The second-order valence-corrected chi connectivity index (χ2v) is 15.5. The highest BCUT2D eigenvalue weighted by atomic mass is 31.2. The lowest BCUT2D eigenvalue weighted by atomic mass is 9.72. The molecule has 5 nitrogen and oxygen atoms in total. The van der Waals surface area contributed by atoms with Gasteiger partial charge >= 0.3 is 14.6 Å². The molecule has 1 aromatic carbocycles. The van der Waals surface area contributed by atoms with Gasteiger partial charge in [-0.1, -0.05) is 152 Å². The molecule has 1 aromatic rings. The van der Waals surface area contributed by atoms with Gasteiger partial charge in [0.25, 0.3) is 0 Å². The molecular weight excluding hydrogens is 555 g/mol. The van der Waals surface area contributed by atoms with Gasteiger partial charge in [0.1, 0.15) is 18.3 Å². The van der Waals surface area contributed by atoms with E-state index in [4.69, 9.17) is 13.6 Å². The van der Waals surface area contributed by atoms with Crippen molar-refractivity contribution in [3.05, 3.63) is 40.3 Å². The van der Waals surface area contributed by atoms with E-state index in [1.165, 1.54) is 102 Å². The van der Waals surface area contributed by atoms with Crippen LogP contribution in [0.15, 0.2) is 12.5 Å². The Kier molecular flexibility index (Phi) is 16.5. The summed E-state index contributed by atoms with van der Waals surface area (Å²) in [7, 11) is -1.64. The third-order valence-corrected chi connectivity index (χ3v) is 9.45. The van der Waals surface area contributed by atoms with Gasteiger partial charge in [0.15, 0.2) is 0 Å². The van der Waals surface area contributed by atoms with Crippen molar-refractivity contribution >= 4 is 14.6 Å². The molecule has 0 saturated heterocycles. The van der Waals surface area contributed by atoms with Crippen LogP contribution in [-0.4, -0.2) is 11.1 Å². The first kappa shape index (κ1) is 37.4. The van der Waals surface area contributed by atoms with Crippen LogP contribution in [0.4, 0.5) is 0 Å². The molecule has 0 unspecified atom stereocenters. The summed E-state index contributed by atoms with van der Waals surface area (Å²) >= 11 is 0. The SMILES string of the molecule is CCCCCCCCCCCCCCCCCCc1c(CC)c(C(=O)O)c(C(C)(C)C)c(OP2OC=CO2)c1C(C)(C)C. The van der Waals surface area contributed by atoms with Crippen molar-refractivity contribution in [3.8, 4) is 5.75 Å². The zero-order valence-corrected chi connectivity index (χ0v) is 29.8. The van der Waals surface area contributed by atoms with Crippen LogP contribution in [-0.2, 0) is 32.7 Å². The minimum Gasteiger partial charge on any atom is -0.478 e. The molecule has 1 aliphatic heterocycles. The van der Waals surface area contributed by atoms with Gasteiger partial charge < -0.3 is 18.7 Å². The molecule has 246 valence electrons. The van der Waals surface area contributed by atoms with E-state index < -0.39 is 20.0 Å². The average molecular weight is 619 g/mol. The number of carboxylic acid groups (broad SMARTS) is 1. The van der Waals surface area contributed by atoms with Gasteiger partial charge in [-0.15, -0.1) is 0 Å². The van der Waals surface area contributed by atoms with E-state index in [2.05, 4.69) is 55.4 Å². The lowest BCUT2D eigenvalue weighted by Crippen LogP contribution is -2.26. The Bertz CT molecular complexity index is 994. The predicted octanol–water partition coefficient (Wildman–Crippen LogP) is 12.5. The van der Waals surface area contributed by atoms with Crippen molar-refractivity contribution in [2.45, 2.75) is 182 Å². The monoisotopic (exact) mass is 618 g/mol. The van der Waals surface area contributed by atoms with Gasteiger partial charge in [-0.25, -0.2) is 4.79 Å². The summed E-state index contributed by atoms with van der Waals surface area (Å²) in [6, 6.07) is 0. The number of carbonyl (C=O) groups is 1. The van der Waals surface area contributed by atoms with Crippen LogP contribution in [0.1, 0.15) is 191 Å². The normalized spacial score (nSPS) is 13.8.